The number of nitrogens with zero attached hydrogens (tertiary/aromatic N) is 4. The zero-order chi connectivity index (χ0) is 15.8. The molecule has 4 heterocycles. The van der Waals surface area contributed by atoms with Gasteiger partial charge in [-0.25, -0.2) is 9.50 Å². The molecule has 0 bridgehead atoms. The summed E-state index contributed by atoms with van der Waals surface area (Å²) >= 11 is 1.56. The molecule has 0 aliphatic carbocycles. The van der Waals surface area contributed by atoms with Crippen LogP contribution in [0.15, 0.2) is 36.7 Å². The fourth-order valence-corrected chi connectivity index (χ4v) is 4.01. The summed E-state index contributed by atoms with van der Waals surface area (Å²) < 4.78 is 1.75. The molecule has 0 unspecified atom stereocenters. The van der Waals surface area contributed by atoms with E-state index in [-0.39, 0.29) is 11.9 Å². The summed E-state index contributed by atoms with van der Waals surface area (Å²) in [7, 11) is 0. The number of aromatic nitrogens is 3. The van der Waals surface area contributed by atoms with Crippen LogP contribution in [0.5, 0.6) is 0 Å². The highest BCUT2D eigenvalue weighted by Crippen LogP contribution is 2.32. The summed E-state index contributed by atoms with van der Waals surface area (Å²) in [5, 5.41) is 4.18. The number of piperidine rings is 1. The van der Waals surface area contributed by atoms with E-state index in [0.29, 0.717) is 0 Å². The molecule has 3 aromatic heterocycles. The van der Waals surface area contributed by atoms with Gasteiger partial charge in [-0.15, -0.1) is 11.3 Å². The number of rotatable bonds is 2. The molecule has 23 heavy (non-hydrogen) atoms. The minimum Gasteiger partial charge on any atom is -0.329 e. The third-order valence-electron chi connectivity index (χ3n) is 4.34. The van der Waals surface area contributed by atoms with Gasteiger partial charge in [-0.1, -0.05) is 0 Å². The van der Waals surface area contributed by atoms with Crippen LogP contribution in [0.4, 0.5) is 0 Å². The van der Waals surface area contributed by atoms with Crippen LogP contribution in [-0.4, -0.2) is 31.9 Å². The van der Waals surface area contributed by atoms with Gasteiger partial charge in [0.05, 0.1) is 22.8 Å². The van der Waals surface area contributed by atoms with E-state index in [0.717, 1.165) is 42.0 Å². The van der Waals surface area contributed by atoms with Gasteiger partial charge in [0, 0.05) is 23.7 Å². The monoisotopic (exact) mass is 326 g/mol. The van der Waals surface area contributed by atoms with Crippen LogP contribution in [0.1, 0.15) is 45.5 Å². The summed E-state index contributed by atoms with van der Waals surface area (Å²) in [4.78, 5) is 21.6. The molecular weight excluding hydrogens is 308 g/mol. The molecule has 1 aliphatic heterocycles. The highest BCUT2D eigenvalue weighted by Gasteiger charge is 2.30. The first kappa shape index (κ1) is 14.4. The molecule has 0 spiro atoms. The lowest BCUT2D eigenvalue weighted by atomic mass is 9.99. The lowest BCUT2D eigenvalue weighted by Gasteiger charge is -2.35. The first-order valence-electron chi connectivity index (χ1n) is 7.90. The third kappa shape index (κ3) is 2.63. The quantitative estimate of drug-likeness (QED) is 0.724. The van der Waals surface area contributed by atoms with E-state index in [9.17, 15) is 4.79 Å². The van der Waals surface area contributed by atoms with E-state index in [4.69, 9.17) is 4.98 Å². The van der Waals surface area contributed by atoms with E-state index < -0.39 is 0 Å². The standard InChI is InChI=1S/C17H18N4OS/c1-12-5-6-15(23-12)17(22)20-10-3-2-4-14(20)13-8-11-21-16(19-13)7-9-18-21/h5-9,11,14H,2-4,10H2,1H3/t14-/m0/s1. The largest absolute Gasteiger partial charge is 0.329 e. The number of thiophene rings is 1. The molecule has 0 aromatic carbocycles. The van der Waals surface area contributed by atoms with Gasteiger partial charge in [0.15, 0.2) is 5.65 Å². The van der Waals surface area contributed by atoms with Gasteiger partial charge < -0.3 is 4.90 Å². The van der Waals surface area contributed by atoms with Gasteiger partial charge in [-0.05, 0) is 44.4 Å². The fourth-order valence-electron chi connectivity index (χ4n) is 3.19. The molecule has 118 valence electrons. The Morgan fingerprint density at radius 2 is 2.17 bits per heavy atom. The Morgan fingerprint density at radius 3 is 3.00 bits per heavy atom. The van der Waals surface area contributed by atoms with Crippen molar-refractivity contribution in [2.45, 2.75) is 32.2 Å². The number of carbonyl (C=O) groups is 1. The maximum absolute atomic E-state index is 12.9. The Labute approximate surface area is 138 Å². The van der Waals surface area contributed by atoms with Crippen LogP contribution in [-0.2, 0) is 0 Å². The molecule has 6 heteroatoms. The Hall–Kier alpha value is -2.21. The fraction of sp³-hybridized carbons (Fsp3) is 0.353. The maximum Gasteiger partial charge on any atom is 0.264 e. The van der Waals surface area contributed by atoms with Crippen LogP contribution in [0.3, 0.4) is 0 Å². The summed E-state index contributed by atoms with van der Waals surface area (Å²) in [6.07, 6.45) is 6.81. The van der Waals surface area contributed by atoms with E-state index >= 15 is 0 Å². The second-order valence-corrected chi connectivity index (χ2v) is 7.19. The van der Waals surface area contributed by atoms with Crippen molar-refractivity contribution in [3.05, 3.63) is 52.1 Å². The molecule has 1 atom stereocenters. The summed E-state index contributed by atoms with van der Waals surface area (Å²) in [5.41, 5.74) is 1.78. The normalized spacial score (nSPS) is 18.5. The minimum atomic E-state index is 0.0542. The van der Waals surface area contributed by atoms with Crippen molar-refractivity contribution in [1.82, 2.24) is 19.5 Å². The molecule has 0 N–H and O–H groups in total. The second-order valence-electron chi connectivity index (χ2n) is 5.91. The zero-order valence-electron chi connectivity index (χ0n) is 13.0. The summed E-state index contributed by atoms with van der Waals surface area (Å²) in [6.45, 7) is 2.83. The molecule has 1 aliphatic rings. The molecule has 3 aromatic rings. The Bertz CT molecular complexity index is 853. The van der Waals surface area contributed by atoms with Crippen molar-refractivity contribution in [3.8, 4) is 0 Å². The van der Waals surface area contributed by atoms with E-state index in [1.54, 1.807) is 22.0 Å². The summed E-state index contributed by atoms with van der Waals surface area (Å²) in [6, 6.07) is 7.87. The van der Waals surface area contributed by atoms with Gasteiger partial charge in [0.2, 0.25) is 0 Å². The van der Waals surface area contributed by atoms with Crippen LogP contribution in [0, 0.1) is 6.92 Å². The summed E-state index contributed by atoms with van der Waals surface area (Å²) in [5.74, 6) is 0.128. The number of fused-ring (bicyclic) bond motifs is 1. The van der Waals surface area contributed by atoms with Crippen molar-refractivity contribution in [2.24, 2.45) is 0 Å². The van der Waals surface area contributed by atoms with Crippen LogP contribution >= 0.6 is 11.3 Å². The Kier molecular flexibility index (Phi) is 3.61. The first-order chi connectivity index (χ1) is 11.2. The SMILES string of the molecule is Cc1ccc(C(=O)N2CCCC[C@H]2c2ccn3nccc3n2)s1. The van der Waals surface area contributed by atoms with Crippen molar-refractivity contribution >= 4 is 22.9 Å². The second kappa shape index (κ2) is 5.77. The highest BCUT2D eigenvalue weighted by molar-refractivity contribution is 7.13. The maximum atomic E-state index is 12.9. The van der Waals surface area contributed by atoms with Crippen molar-refractivity contribution in [1.29, 1.82) is 0 Å². The predicted octanol–water partition coefficient (Wildman–Crippen LogP) is 3.47. The van der Waals surface area contributed by atoms with E-state index in [2.05, 4.69) is 5.10 Å². The van der Waals surface area contributed by atoms with E-state index in [1.807, 2.05) is 42.3 Å². The molecule has 4 rings (SSSR count). The van der Waals surface area contributed by atoms with Crippen LogP contribution in [0.2, 0.25) is 0 Å². The number of hydrogen-bond acceptors (Lipinski definition) is 4. The number of carbonyl (C=O) groups excluding carboxylic acids is 1. The molecule has 0 radical (unpaired) electrons. The number of amides is 1. The van der Waals surface area contributed by atoms with Gasteiger partial charge in [-0.2, -0.15) is 5.10 Å². The van der Waals surface area contributed by atoms with Crippen LogP contribution < -0.4 is 0 Å². The Balaban J connectivity index is 1.68. The van der Waals surface area contributed by atoms with Gasteiger partial charge in [0.1, 0.15) is 0 Å². The average molecular weight is 326 g/mol. The Morgan fingerprint density at radius 1 is 1.26 bits per heavy atom. The zero-order valence-corrected chi connectivity index (χ0v) is 13.8. The lowest BCUT2D eigenvalue weighted by molar-refractivity contribution is 0.0611. The molecular formula is C17H18N4OS. The number of hydrogen-bond donors (Lipinski definition) is 0. The first-order valence-corrected chi connectivity index (χ1v) is 8.72. The predicted molar refractivity (Wildman–Crippen MR) is 89.7 cm³/mol. The van der Waals surface area contributed by atoms with Crippen LogP contribution in [0.25, 0.3) is 5.65 Å². The molecule has 5 nitrogen and oxygen atoms in total. The minimum absolute atomic E-state index is 0.0542. The smallest absolute Gasteiger partial charge is 0.264 e. The average Bonchev–Trinajstić information content (AvgIpc) is 3.22. The highest BCUT2D eigenvalue weighted by atomic mass is 32.1. The molecule has 1 fully saturated rings. The van der Waals surface area contributed by atoms with E-state index in [1.165, 1.54) is 4.88 Å². The number of aryl methyl sites for hydroxylation is 1. The number of likely N-dealkylation sites (tertiary alicyclic amines) is 1. The lowest BCUT2D eigenvalue weighted by Crippen LogP contribution is -2.38. The topological polar surface area (TPSA) is 50.5 Å². The van der Waals surface area contributed by atoms with Crippen molar-refractivity contribution in [3.63, 3.8) is 0 Å². The van der Waals surface area contributed by atoms with Gasteiger partial charge >= 0.3 is 0 Å². The van der Waals surface area contributed by atoms with Gasteiger partial charge in [-0.3, -0.25) is 4.79 Å². The molecule has 1 saturated heterocycles. The van der Waals surface area contributed by atoms with Crippen molar-refractivity contribution < 1.29 is 4.79 Å². The molecule has 1 amide bonds. The van der Waals surface area contributed by atoms with Crippen molar-refractivity contribution in [2.75, 3.05) is 6.54 Å². The third-order valence-corrected chi connectivity index (χ3v) is 5.32. The van der Waals surface area contributed by atoms with Gasteiger partial charge in [0.25, 0.3) is 5.91 Å². The molecule has 0 saturated carbocycles.